The summed E-state index contributed by atoms with van der Waals surface area (Å²) in [7, 11) is 0. The van der Waals surface area contributed by atoms with Crippen molar-refractivity contribution in [1.29, 1.82) is 0 Å². The Kier molecular flexibility index (Phi) is 4.80. The van der Waals surface area contributed by atoms with Crippen LogP contribution in [0.5, 0.6) is 0 Å². The number of carboxylic acids is 1. The van der Waals surface area contributed by atoms with Gasteiger partial charge in [-0.1, -0.05) is 17.4 Å². The van der Waals surface area contributed by atoms with Crippen LogP contribution in [0.3, 0.4) is 0 Å². The van der Waals surface area contributed by atoms with E-state index in [1.54, 1.807) is 18.3 Å². The van der Waals surface area contributed by atoms with Crippen LogP contribution in [0.15, 0.2) is 55.1 Å². The molecule has 158 valence electrons. The van der Waals surface area contributed by atoms with E-state index in [-0.39, 0.29) is 16.9 Å². The third-order valence-electron chi connectivity index (χ3n) is 4.59. The summed E-state index contributed by atoms with van der Waals surface area (Å²) in [5, 5.41) is 32.6. The van der Waals surface area contributed by atoms with Gasteiger partial charge in [-0.2, -0.15) is 5.10 Å². The molecule has 0 bridgehead atoms. The first-order chi connectivity index (χ1) is 15.6. The lowest BCUT2D eigenvalue weighted by Gasteiger charge is -2.09. The molecular weight excluding hydrogens is 432 g/mol. The topological polar surface area (TPSA) is 162 Å². The predicted octanol–water partition coefficient (Wildman–Crippen LogP) is 3.50. The van der Waals surface area contributed by atoms with Crippen molar-refractivity contribution in [3.63, 3.8) is 0 Å². The van der Waals surface area contributed by atoms with Crippen LogP contribution < -0.4 is 10.6 Å². The minimum Gasteiger partial charge on any atom is -0.478 e. The van der Waals surface area contributed by atoms with Gasteiger partial charge < -0.3 is 20.7 Å². The first-order valence-corrected chi connectivity index (χ1v) is 10.1. The fourth-order valence-electron chi connectivity index (χ4n) is 3.07. The number of carboxylic acid groups (broad SMARTS) is 1. The summed E-state index contributed by atoms with van der Waals surface area (Å²) >= 11 is 1.29. The highest BCUT2D eigenvalue weighted by molar-refractivity contribution is 7.18. The monoisotopic (exact) mass is 446 g/mol. The minimum absolute atomic E-state index is 0.0473. The minimum atomic E-state index is -1.16. The van der Waals surface area contributed by atoms with E-state index in [1.165, 1.54) is 29.9 Å². The number of aromatic amines is 2. The maximum absolute atomic E-state index is 12.4. The van der Waals surface area contributed by atoms with E-state index in [9.17, 15) is 14.7 Å². The normalized spacial score (nSPS) is 10.9. The van der Waals surface area contributed by atoms with E-state index in [2.05, 4.69) is 41.0 Å². The average Bonchev–Trinajstić information content (AvgIpc) is 3.55. The fraction of sp³-hybridized carbons (Fsp3) is 0. The van der Waals surface area contributed by atoms with Gasteiger partial charge in [-0.25, -0.2) is 9.78 Å². The van der Waals surface area contributed by atoms with Gasteiger partial charge in [-0.15, -0.1) is 10.2 Å². The maximum atomic E-state index is 12.4. The summed E-state index contributed by atoms with van der Waals surface area (Å²) in [6.45, 7) is 0. The summed E-state index contributed by atoms with van der Waals surface area (Å²) in [5.41, 5.74) is 2.60. The number of imidazole rings is 1. The second-order valence-corrected chi connectivity index (χ2v) is 7.66. The SMILES string of the molecule is O=C(Nc1cc(-c2nnc(Nc3ccc4[nH]ncc4c3)s2)ccc1C(=O)O)c1c[nH]cn1. The number of rotatable bonds is 6. The zero-order valence-electron chi connectivity index (χ0n) is 16.2. The van der Waals surface area contributed by atoms with Gasteiger partial charge in [-0.3, -0.25) is 9.89 Å². The molecular formula is C20H14N8O3S. The Hall–Kier alpha value is -4.58. The molecule has 5 rings (SSSR count). The average molecular weight is 446 g/mol. The van der Waals surface area contributed by atoms with Crippen molar-refractivity contribution >= 4 is 50.6 Å². The number of carbonyl (C=O) groups is 2. The lowest BCUT2D eigenvalue weighted by Crippen LogP contribution is -2.15. The van der Waals surface area contributed by atoms with Gasteiger partial charge in [0.25, 0.3) is 5.91 Å². The molecule has 12 heteroatoms. The van der Waals surface area contributed by atoms with Gasteiger partial charge in [0.2, 0.25) is 5.13 Å². The third kappa shape index (κ3) is 3.77. The van der Waals surface area contributed by atoms with Crippen molar-refractivity contribution in [2.24, 2.45) is 0 Å². The molecule has 0 aliphatic carbocycles. The molecule has 0 saturated heterocycles. The molecule has 0 saturated carbocycles. The summed E-state index contributed by atoms with van der Waals surface area (Å²) in [6.07, 6.45) is 4.52. The number of hydrogen-bond acceptors (Lipinski definition) is 8. The number of aromatic carboxylic acids is 1. The number of benzene rings is 2. The van der Waals surface area contributed by atoms with Gasteiger partial charge in [0.1, 0.15) is 10.7 Å². The molecule has 1 amide bonds. The van der Waals surface area contributed by atoms with Crippen molar-refractivity contribution in [2.75, 3.05) is 10.6 Å². The second-order valence-electron chi connectivity index (χ2n) is 6.68. The molecule has 3 aromatic heterocycles. The maximum Gasteiger partial charge on any atom is 0.337 e. The molecule has 0 atom stereocenters. The van der Waals surface area contributed by atoms with Gasteiger partial charge in [-0.05, 0) is 30.3 Å². The molecule has 2 aromatic carbocycles. The molecule has 0 unspecified atom stereocenters. The summed E-state index contributed by atoms with van der Waals surface area (Å²) in [6, 6.07) is 10.3. The Morgan fingerprint density at radius 1 is 1.09 bits per heavy atom. The van der Waals surface area contributed by atoms with Crippen molar-refractivity contribution in [3.8, 4) is 10.6 Å². The number of H-pyrrole nitrogens is 2. The number of nitrogens with zero attached hydrogens (tertiary/aromatic N) is 4. The summed E-state index contributed by atoms with van der Waals surface area (Å²) < 4.78 is 0. The fourth-order valence-corrected chi connectivity index (χ4v) is 3.83. The highest BCUT2D eigenvalue weighted by Gasteiger charge is 2.17. The Morgan fingerprint density at radius 3 is 2.81 bits per heavy atom. The van der Waals surface area contributed by atoms with E-state index in [0.29, 0.717) is 15.7 Å². The lowest BCUT2D eigenvalue weighted by molar-refractivity contribution is 0.0698. The first kappa shape index (κ1) is 19.4. The lowest BCUT2D eigenvalue weighted by atomic mass is 10.1. The number of hydrogen-bond donors (Lipinski definition) is 5. The number of amides is 1. The largest absolute Gasteiger partial charge is 0.478 e. The Bertz CT molecular complexity index is 1440. The third-order valence-corrected chi connectivity index (χ3v) is 5.48. The molecule has 5 aromatic rings. The highest BCUT2D eigenvalue weighted by atomic mass is 32.1. The number of anilines is 3. The van der Waals surface area contributed by atoms with Gasteiger partial charge >= 0.3 is 5.97 Å². The Labute approximate surface area is 183 Å². The smallest absolute Gasteiger partial charge is 0.337 e. The van der Waals surface area contributed by atoms with Crippen LogP contribution in [-0.4, -0.2) is 47.3 Å². The van der Waals surface area contributed by atoms with E-state index in [1.807, 2.05) is 18.2 Å². The van der Waals surface area contributed by atoms with E-state index in [4.69, 9.17) is 0 Å². The molecule has 0 fully saturated rings. The molecule has 32 heavy (non-hydrogen) atoms. The van der Waals surface area contributed by atoms with Crippen LogP contribution in [0.1, 0.15) is 20.8 Å². The Morgan fingerprint density at radius 2 is 2.00 bits per heavy atom. The standard InChI is InChI=1S/C20H14N8O3S/c29-17(16-8-21-9-22-16)25-15-6-10(1-3-13(15)19(30)31)18-27-28-20(32-18)24-12-2-4-14-11(5-12)7-23-26-14/h1-9H,(H,21,22)(H,23,26)(H,24,28)(H,25,29)(H,30,31). The van der Waals surface area contributed by atoms with Crippen LogP contribution in [0.25, 0.3) is 21.5 Å². The molecule has 0 radical (unpaired) electrons. The Balaban J connectivity index is 1.41. The number of fused-ring (bicyclic) bond motifs is 1. The number of aromatic nitrogens is 6. The van der Waals surface area contributed by atoms with Crippen molar-refractivity contribution in [3.05, 3.63) is 66.4 Å². The predicted molar refractivity (Wildman–Crippen MR) is 118 cm³/mol. The number of carbonyl (C=O) groups excluding carboxylic acids is 1. The van der Waals surface area contributed by atoms with Crippen LogP contribution in [0.2, 0.25) is 0 Å². The van der Waals surface area contributed by atoms with Crippen LogP contribution in [-0.2, 0) is 0 Å². The van der Waals surface area contributed by atoms with E-state index in [0.717, 1.165) is 16.6 Å². The number of nitrogens with one attached hydrogen (secondary N) is 4. The van der Waals surface area contributed by atoms with Crippen molar-refractivity contribution in [2.45, 2.75) is 0 Å². The molecule has 0 aliphatic heterocycles. The van der Waals surface area contributed by atoms with Crippen LogP contribution in [0.4, 0.5) is 16.5 Å². The van der Waals surface area contributed by atoms with E-state index >= 15 is 0 Å². The zero-order valence-corrected chi connectivity index (χ0v) is 17.0. The van der Waals surface area contributed by atoms with Gasteiger partial charge in [0.15, 0.2) is 0 Å². The molecule has 0 aliphatic rings. The molecule has 5 N–H and O–H groups in total. The van der Waals surface area contributed by atoms with Gasteiger partial charge in [0, 0.05) is 22.8 Å². The van der Waals surface area contributed by atoms with Gasteiger partial charge in [0.05, 0.1) is 29.3 Å². The second kappa shape index (κ2) is 7.92. The molecule has 3 heterocycles. The summed E-state index contributed by atoms with van der Waals surface area (Å²) in [4.78, 5) is 30.5. The van der Waals surface area contributed by atoms with E-state index < -0.39 is 11.9 Å². The molecule has 0 spiro atoms. The first-order valence-electron chi connectivity index (χ1n) is 9.28. The van der Waals surface area contributed by atoms with Crippen LogP contribution in [0, 0.1) is 0 Å². The van der Waals surface area contributed by atoms with Crippen molar-refractivity contribution < 1.29 is 14.7 Å². The zero-order chi connectivity index (χ0) is 22.1. The van der Waals surface area contributed by atoms with Crippen LogP contribution >= 0.6 is 11.3 Å². The van der Waals surface area contributed by atoms with Crippen molar-refractivity contribution in [1.82, 2.24) is 30.4 Å². The quantitative estimate of drug-likeness (QED) is 0.265. The summed E-state index contributed by atoms with van der Waals surface area (Å²) in [5.74, 6) is -1.69. The molecule has 11 nitrogen and oxygen atoms in total. The highest BCUT2D eigenvalue weighted by Crippen LogP contribution is 2.32.